The molecular formula is C11H10NO3. The summed E-state index contributed by atoms with van der Waals surface area (Å²) in [6.45, 7) is 0. The van der Waals surface area contributed by atoms with E-state index in [1.54, 1.807) is 14.2 Å². The van der Waals surface area contributed by atoms with Gasteiger partial charge in [0.25, 0.3) is 0 Å². The van der Waals surface area contributed by atoms with Gasteiger partial charge in [0.1, 0.15) is 12.5 Å². The lowest BCUT2D eigenvalue weighted by Crippen LogP contribution is -1.92. The molecule has 0 saturated heterocycles. The monoisotopic (exact) mass is 204 g/mol. The third-order valence-corrected chi connectivity index (χ3v) is 2.02. The van der Waals surface area contributed by atoms with E-state index >= 15 is 0 Å². The molecule has 0 N–H and O–H groups in total. The molecule has 15 heavy (non-hydrogen) atoms. The zero-order valence-corrected chi connectivity index (χ0v) is 8.48. The Balaban J connectivity index is 2.56. The molecule has 1 radical (unpaired) electrons. The van der Waals surface area contributed by atoms with Crippen LogP contribution in [0.1, 0.15) is 0 Å². The maximum Gasteiger partial charge on any atom is 0.230 e. The quantitative estimate of drug-likeness (QED) is 0.768. The van der Waals surface area contributed by atoms with Crippen molar-refractivity contribution in [1.82, 2.24) is 4.98 Å². The van der Waals surface area contributed by atoms with Gasteiger partial charge in [-0.3, -0.25) is 0 Å². The molecule has 4 nitrogen and oxygen atoms in total. The molecule has 0 amide bonds. The van der Waals surface area contributed by atoms with Crippen LogP contribution in [0.3, 0.4) is 0 Å². The van der Waals surface area contributed by atoms with E-state index in [2.05, 4.69) is 11.2 Å². The molecule has 0 aliphatic rings. The molecule has 0 fully saturated rings. The van der Waals surface area contributed by atoms with Crippen molar-refractivity contribution in [2.45, 2.75) is 0 Å². The third-order valence-electron chi connectivity index (χ3n) is 2.02. The maximum absolute atomic E-state index is 5.25. The van der Waals surface area contributed by atoms with Crippen molar-refractivity contribution >= 4 is 0 Å². The van der Waals surface area contributed by atoms with E-state index in [0.717, 1.165) is 5.56 Å². The molecule has 0 atom stereocenters. The van der Waals surface area contributed by atoms with Crippen LogP contribution in [0.4, 0.5) is 0 Å². The van der Waals surface area contributed by atoms with Crippen molar-refractivity contribution in [3.8, 4) is 23.0 Å². The minimum Gasteiger partial charge on any atom is -0.493 e. The first-order valence-electron chi connectivity index (χ1n) is 4.39. The number of rotatable bonds is 3. The molecule has 77 valence electrons. The molecule has 0 aliphatic carbocycles. The van der Waals surface area contributed by atoms with Gasteiger partial charge >= 0.3 is 0 Å². The fourth-order valence-corrected chi connectivity index (χ4v) is 1.37. The Hall–Kier alpha value is -1.97. The Bertz CT molecular complexity index is 437. The average Bonchev–Trinajstić information content (AvgIpc) is 2.81. The van der Waals surface area contributed by atoms with E-state index < -0.39 is 0 Å². The Labute approximate surface area is 87.5 Å². The van der Waals surface area contributed by atoms with Crippen LogP contribution in [0.5, 0.6) is 11.5 Å². The number of ether oxygens (including phenoxy) is 2. The van der Waals surface area contributed by atoms with Crippen LogP contribution in [0, 0.1) is 6.20 Å². The molecule has 2 aromatic rings. The van der Waals surface area contributed by atoms with Gasteiger partial charge in [-0.25, -0.2) is 4.98 Å². The summed E-state index contributed by atoms with van der Waals surface area (Å²) in [5.41, 5.74) is 0.748. The minimum absolute atomic E-state index is 0.464. The lowest BCUT2D eigenvalue weighted by molar-refractivity contribution is 0.355. The fraction of sp³-hybridized carbons (Fsp3) is 0.182. The highest BCUT2D eigenvalue weighted by atomic mass is 16.5. The summed E-state index contributed by atoms with van der Waals surface area (Å²) in [6, 6.07) is 5.51. The van der Waals surface area contributed by atoms with Gasteiger partial charge in [0.15, 0.2) is 11.5 Å². The summed E-state index contributed by atoms with van der Waals surface area (Å²) in [6.07, 6.45) is 4.00. The lowest BCUT2D eigenvalue weighted by Gasteiger charge is -2.09. The van der Waals surface area contributed by atoms with Gasteiger partial charge in [0, 0.05) is 0 Å². The Kier molecular flexibility index (Phi) is 2.58. The van der Waals surface area contributed by atoms with E-state index in [1.807, 2.05) is 18.2 Å². The Morgan fingerprint density at radius 2 is 2.13 bits per heavy atom. The van der Waals surface area contributed by atoms with Crippen molar-refractivity contribution in [1.29, 1.82) is 0 Å². The van der Waals surface area contributed by atoms with E-state index in [4.69, 9.17) is 13.9 Å². The summed E-state index contributed by atoms with van der Waals surface area (Å²) in [5, 5.41) is 0. The molecule has 0 spiro atoms. The standard InChI is InChI=1S/C11H10NO3/c1-13-9-5-3-4-8(10(9)14-2)11-12-6-7-15-11/h3-5,7H,1-2H3. The second kappa shape index (κ2) is 4.04. The number of oxazole rings is 1. The molecular weight excluding hydrogens is 194 g/mol. The molecule has 1 heterocycles. The molecule has 0 bridgehead atoms. The predicted octanol–water partition coefficient (Wildman–Crippen LogP) is 2.16. The lowest BCUT2D eigenvalue weighted by atomic mass is 10.2. The molecule has 1 aromatic heterocycles. The van der Waals surface area contributed by atoms with Crippen molar-refractivity contribution in [3.63, 3.8) is 0 Å². The number of para-hydroxylation sites is 1. The zero-order chi connectivity index (χ0) is 10.7. The number of aromatic nitrogens is 1. The highest BCUT2D eigenvalue weighted by Gasteiger charge is 2.13. The first-order valence-corrected chi connectivity index (χ1v) is 4.39. The van der Waals surface area contributed by atoms with Crippen LogP contribution in [-0.4, -0.2) is 19.2 Å². The van der Waals surface area contributed by atoms with Crippen LogP contribution in [-0.2, 0) is 0 Å². The fourth-order valence-electron chi connectivity index (χ4n) is 1.37. The van der Waals surface area contributed by atoms with Gasteiger partial charge < -0.3 is 13.9 Å². The van der Waals surface area contributed by atoms with Gasteiger partial charge in [0.2, 0.25) is 5.89 Å². The maximum atomic E-state index is 5.25. The van der Waals surface area contributed by atoms with Gasteiger partial charge in [-0.1, -0.05) is 6.07 Å². The third kappa shape index (κ3) is 1.66. The van der Waals surface area contributed by atoms with Crippen LogP contribution in [0.15, 0.2) is 28.9 Å². The first kappa shape index (κ1) is 9.58. The van der Waals surface area contributed by atoms with Gasteiger partial charge in [-0.05, 0) is 12.1 Å². The Morgan fingerprint density at radius 3 is 2.73 bits per heavy atom. The normalized spacial score (nSPS) is 10.0. The van der Waals surface area contributed by atoms with E-state index in [-0.39, 0.29) is 0 Å². The molecule has 1 aromatic carbocycles. The summed E-state index contributed by atoms with van der Waals surface area (Å²) in [4.78, 5) is 3.94. The zero-order valence-electron chi connectivity index (χ0n) is 8.48. The van der Waals surface area contributed by atoms with Crippen LogP contribution in [0.25, 0.3) is 11.5 Å². The molecule has 0 saturated carbocycles. The minimum atomic E-state index is 0.464. The summed E-state index contributed by atoms with van der Waals surface area (Å²) < 4.78 is 15.6. The number of hydrogen-bond acceptors (Lipinski definition) is 4. The topological polar surface area (TPSA) is 44.5 Å². The molecule has 0 unspecified atom stereocenters. The van der Waals surface area contributed by atoms with E-state index in [1.165, 1.54) is 6.26 Å². The largest absolute Gasteiger partial charge is 0.493 e. The summed E-state index contributed by atoms with van der Waals surface area (Å²) in [5.74, 6) is 1.72. The van der Waals surface area contributed by atoms with Crippen molar-refractivity contribution in [2.75, 3.05) is 14.2 Å². The molecule has 4 heteroatoms. The van der Waals surface area contributed by atoms with Crippen molar-refractivity contribution in [2.24, 2.45) is 0 Å². The number of benzene rings is 1. The number of nitrogens with zero attached hydrogens (tertiary/aromatic N) is 1. The van der Waals surface area contributed by atoms with Crippen molar-refractivity contribution in [3.05, 3.63) is 30.7 Å². The van der Waals surface area contributed by atoms with Gasteiger partial charge in [0.05, 0.1) is 19.8 Å². The number of hydrogen-bond donors (Lipinski definition) is 0. The smallest absolute Gasteiger partial charge is 0.230 e. The predicted molar refractivity (Wildman–Crippen MR) is 53.9 cm³/mol. The van der Waals surface area contributed by atoms with E-state index in [0.29, 0.717) is 17.4 Å². The van der Waals surface area contributed by atoms with Crippen LogP contribution in [0.2, 0.25) is 0 Å². The van der Waals surface area contributed by atoms with E-state index in [9.17, 15) is 0 Å². The SMILES string of the molecule is COc1cccc(-c2n[c]co2)c1OC. The summed E-state index contributed by atoms with van der Waals surface area (Å²) in [7, 11) is 3.16. The van der Waals surface area contributed by atoms with Crippen molar-refractivity contribution < 1.29 is 13.9 Å². The van der Waals surface area contributed by atoms with Crippen LogP contribution < -0.4 is 9.47 Å². The highest BCUT2D eigenvalue weighted by Crippen LogP contribution is 2.36. The van der Waals surface area contributed by atoms with Gasteiger partial charge in [-0.2, -0.15) is 0 Å². The first-order chi connectivity index (χ1) is 7.36. The van der Waals surface area contributed by atoms with Crippen LogP contribution >= 0.6 is 0 Å². The average molecular weight is 204 g/mol. The Morgan fingerprint density at radius 1 is 1.27 bits per heavy atom. The molecule has 0 aliphatic heterocycles. The second-order valence-corrected chi connectivity index (χ2v) is 2.82. The molecule has 2 rings (SSSR count). The number of methoxy groups -OCH3 is 2. The van der Waals surface area contributed by atoms with Gasteiger partial charge in [-0.15, -0.1) is 0 Å². The highest BCUT2D eigenvalue weighted by molar-refractivity contribution is 5.67. The summed E-state index contributed by atoms with van der Waals surface area (Å²) >= 11 is 0. The second-order valence-electron chi connectivity index (χ2n) is 2.82.